The number of hydrogen-bond donors (Lipinski definition) is 2. The molecule has 0 aromatic heterocycles. The Kier molecular flexibility index (Phi) is 5.63. The predicted molar refractivity (Wildman–Crippen MR) is 97.1 cm³/mol. The van der Waals surface area contributed by atoms with Crippen LogP contribution in [-0.2, 0) is 0 Å². The van der Waals surface area contributed by atoms with Crippen LogP contribution in [-0.4, -0.2) is 49.6 Å². The lowest BCUT2D eigenvalue weighted by Gasteiger charge is -2.23. The molecule has 3 N–H and O–H groups in total. The Bertz CT molecular complexity index is 655. The molecule has 2 aliphatic heterocycles. The first kappa shape index (κ1) is 18.8. The lowest BCUT2D eigenvalue weighted by molar-refractivity contribution is 0.0777. The number of amides is 3. The van der Waals surface area contributed by atoms with Gasteiger partial charge in [-0.1, -0.05) is 18.5 Å². The van der Waals surface area contributed by atoms with E-state index in [9.17, 15) is 9.59 Å². The summed E-state index contributed by atoms with van der Waals surface area (Å²) in [6.07, 6.45) is 0.890. The van der Waals surface area contributed by atoms with Crippen molar-refractivity contribution in [3.8, 4) is 0 Å². The number of carbonyl (C=O) groups excluding carboxylic acids is 2. The van der Waals surface area contributed by atoms with Crippen molar-refractivity contribution in [2.45, 2.75) is 13.3 Å². The Labute approximate surface area is 152 Å². The number of benzene rings is 1. The number of hydrogen-bond acceptors (Lipinski definition) is 3. The van der Waals surface area contributed by atoms with Crippen LogP contribution < -0.4 is 16.0 Å². The van der Waals surface area contributed by atoms with Crippen LogP contribution in [0.15, 0.2) is 18.2 Å². The van der Waals surface area contributed by atoms with Gasteiger partial charge in [0.25, 0.3) is 5.91 Å². The van der Waals surface area contributed by atoms with Gasteiger partial charge >= 0.3 is 6.03 Å². The molecule has 0 bridgehead atoms. The number of nitrogens with one attached hydrogen (secondary N) is 1. The van der Waals surface area contributed by atoms with Gasteiger partial charge in [-0.2, -0.15) is 0 Å². The van der Waals surface area contributed by atoms with Crippen molar-refractivity contribution < 1.29 is 9.59 Å². The van der Waals surface area contributed by atoms with Crippen LogP contribution in [0.3, 0.4) is 0 Å². The second-order valence-electron chi connectivity index (χ2n) is 6.54. The normalized spacial score (nSPS) is 23.2. The molecule has 2 fully saturated rings. The first-order chi connectivity index (χ1) is 10.9. The fourth-order valence-corrected chi connectivity index (χ4v) is 3.30. The topological polar surface area (TPSA) is 78.7 Å². The number of urea groups is 1. The van der Waals surface area contributed by atoms with Gasteiger partial charge in [-0.05, 0) is 36.6 Å². The molecule has 1 aromatic carbocycles. The first-order valence-electron chi connectivity index (χ1n) is 7.78. The summed E-state index contributed by atoms with van der Waals surface area (Å²) in [6.45, 7) is 5.14. The zero-order valence-corrected chi connectivity index (χ0v) is 15.1. The summed E-state index contributed by atoms with van der Waals surface area (Å²) in [4.78, 5) is 28.0. The van der Waals surface area contributed by atoms with Crippen LogP contribution in [0.5, 0.6) is 0 Å². The van der Waals surface area contributed by atoms with Gasteiger partial charge in [-0.15, -0.1) is 12.4 Å². The molecule has 1 unspecified atom stereocenters. The molecule has 132 valence electrons. The monoisotopic (exact) mass is 372 g/mol. The highest BCUT2D eigenvalue weighted by Crippen LogP contribution is 2.32. The van der Waals surface area contributed by atoms with Crippen molar-refractivity contribution in [2.75, 3.05) is 37.6 Å². The quantitative estimate of drug-likeness (QED) is 0.852. The van der Waals surface area contributed by atoms with Crippen LogP contribution in [0.2, 0.25) is 5.02 Å². The Hall–Kier alpha value is -1.50. The summed E-state index contributed by atoms with van der Waals surface area (Å²) >= 11 is 6.23. The highest BCUT2D eigenvalue weighted by Gasteiger charge is 2.36. The van der Waals surface area contributed by atoms with Crippen molar-refractivity contribution in [3.63, 3.8) is 0 Å². The van der Waals surface area contributed by atoms with E-state index in [4.69, 9.17) is 17.3 Å². The summed E-state index contributed by atoms with van der Waals surface area (Å²) in [6, 6.07) is 4.99. The summed E-state index contributed by atoms with van der Waals surface area (Å²) in [5, 5.41) is 3.15. The average molecular weight is 373 g/mol. The molecule has 3 amide bonds. The molecule has 0 spiro atoms. The molecule has 2 saturated heterocycles. The lowest BCUT2D eigenvalue weighted by Crippen LogP contribution is -2.34. The molecule has 0 saturated carbocycles. The molecule has 0 aliphatic carbocycles. The van der Waals surface area contributed by atoms with E-state index in [1.807, 2.05) is 0 Å². The van der Waals surface area contributed by atoms with E-state index in [0.29, 0.717) is 49.0 Å². The van der Waals surface area contributed by atoms with Gasteiger partial charge in [-0.3, -0.25) is 9.69 Å². The van der Waals surface area contributed by atoms with Crippen LogP contribution in [0.25, 0.3) is 0 Å². The maximum Gasteiger partial charge on any atom is 0.321 e. The number of nitrogens with zero attached hydrogens (tertiary/aromatic N) is 2. The van der Waals surface area contributed by atoms with Gasteiger partial charge in [0, 0.05) is 31.9 Å². The summed E-state index contributed by atoms with van der Waals surface area (Å²) < 4.78 is 0. The first-order valence-corrected chi connectivity index (χ1v) is 8.16. The lowest BCUT2D eigenvalue weighted by atomic mass is 9.90. The third kappa shape index (κ3) is 3.45. The molecule has 8 heteroatoms. The molecule has 3 rings (SSSR count). The van der Waals surface area contributed by atoms with E-state index in [0.717, 1.165) is 6.42 Å². The Morgan fingerprint density at radius 1 is 1.42 bits per heavy atom. The molecule has 2 heterocycles. The minimum absolute atomic E-state index is 0. The number of nitrogens with two attached hydrogens (primary N) is 1. The zero-order valence-electron chi connectivity index (χ0n) is 13.5. The SMILES string of the molecule is CC1(CN)CCN(C(=O)c2cc(N3CCNC3=O)ccc2Cl)C1.Cl. The number of halogens is 2. The number of likely N-dealkylation sites (tertiary alicyclic amines) is 1. The van der Waals surface area contributed by atoms with E-state index in [1.165, 1.54) is 0 Å². The molecule has 0 radical (unpaired) electrons. The molecule has 2 aliphatic rings. The van der Waals surface area contributed by atoms with Crippen molar-refractivity contribution in [1.82, 2.24) is 10.2 Å². The van der Waals surface area contributed by atoms with E-state index in [2.05, 4.69) is 12.2 Å². The van der Waals surface area contributed by atoms with Gasteiger partial charge in [-0.25, -0.2) is 4.79 Å². The maximum atomic E-state index is 12.8. The van der Waals surface area contributed by atoms with Gasteiger partial charge in [0.2, 0.25) is 0 Å². The summed E-state index contributed by atoms with van der Waals surface area (Å²) in [5.74, 6) is -0.103. The standard InChI is InChI=1S/C16H21ClN4O2.ClH/c1-16(9-18)4-6-20(10-16)14(22)12-8-11(2-3-13(12)17)21-7-5-19-15(21)23;/h2-3,8H,4-7,9-10,18H2,1H3,(H,19,23);1H. The van der Waals surface area contributed by atoms with Crippen molar-refractivity contribution in [3.05, 3.63) is 28.8 Å². The molecule has 24 heavy (non-hydrogen) atoms. The number of rotatable bonds is 3. The van der Waals surface area contributed by atoms with Gasteiger partial charge in [0.15, 0.2) is 0 Å². The Balaban J connectivity index is 0.00000208. The second-order valence-corrected chi connectivity index (χ2v) is 6.95. The highest BCUT2D eigenvalue weighted by molar-refractivity contribution is 6.34. The fourth-order valence-electron chi connectivity index (χ4n) is 3.10. The van der Waals surface area contributed by atoms with E-state index < -0.39 is 0 Å². The van der Waals surface area contributed by atoms with Gasteiger partial charge in [0.05, 0.1) is 10.6 Å². The number of anilines is 1. The van der Waals surface area contributed by atoms with Crippen LogP contribution in [0.1, 0.15) is 23.7 Å². The predicted octanol–water partition coefficient (Wildman–Crippen LogP) is 2.10. The molecular formula is C16H22Cl2N4O2. The highest BCUT2D eigenvalue weighted by atomic mass is 35.5. The van der Waals surface area contributed by atoms with E-state index in [-0.39, 0.29) is 29.8 Å². The molecule has 1 atom stereocenters. The number of carbonyl (C=O) groups is 2. The van der Waals surface area contributed by atoms with Crippen LogP contribution >= 0.6 is 24.0 Å². The zero-order chi connectivity index (χ0) is 16.6. The second kappa shape index (κ2) is 7.17. The maximum absolute atomic E-state index is 12.8. The largest absolute Gasteiger partial charge is 0.338 e. The minimum Gasteiger partial charge on any atom is -0.338 e. The minimum atomic E-state index is -0.150. The molecule has 6 nitrogen and oxygen atoms in total. The molecular weight excluding hydrogens is 351 g/mol. The average Bonchev–Trinajstić information content (AvgIpc) is 3.14. The van der Waals surface area contributed by atoms with Crippen LogP contribution in [0, 0.1) is 5.41 Å². The van der Waals surface area contributed by atoms with Crippen molar-refractivity contribution in [2.24, 2.45) is 11.1 Å². The Morgan fingerprint density at radius 3 is 2.75 bits per heavy atom. The Morgan fingerprint density at radius 2 is 2.17 bits per heavy atom. The summed E-state index contributed by atoms with van der Waals surface area (Å²) in [5.41, 5.74) is 6.90. The fraction of sp³-hybridized carbons (Fsp3) is 0.500. The van der Waals surface area contributed by atoms with E-state index in [1.54, 1.807) is 28.0 Å². The third-order valence-corrected chi connectivity index (χ3v) is 5.02. The van der Waals surface area contributed by atoms with Gasteiger partial charge in [0.1, 0.15) is 0 Å². The van der Waals surface area contributed by atoms with Crippen molar-refractivity contribution >= 4 is 41.6 Å². The third-order valence-electron chi connectivity index (χ3n) is 4.69. The smallest absolute Gasteiger partial charge is 0.321 e. The van der Waals surface area contributed by atoms with Crippen LogP contribution in [0.4, 0.5) is 10.5 Å². The van der Waals surface area contributed by atoms with E-state index >= 15 is 0 Å². The summed E-state index contributed by atoms with van der Waals surface area (Å²) in [7, 11) is 0. The van der Waals surface area contributed by atoms with Crippen molar-refractivity contribution in [1.29, 1.82) is 0 Å². The molecule has 1 aromatic rings. The van der Waals surface area contributed by atoms with Gasteiger partial charge < -0.3 is 16.0 Å².